The Kier molecular flexibility index (Phi) is 5.81. The zero-order chi connectivity index (χ0) is 18.5. The number of aliphatic imine (C=N–C) groups is 1. The molecule has 26 heavy (non-hydrogen) atoms. The van der Waals surface area contributed by atoms with Crippen LogP contribution in [0.3, 0.4) is 0 Å². The maximum atomic E-state index is 10.9. The molecule has 0 aliphatic carbocycles. The number of nitrogens with one attached hydrogen (secondary N) is 1. The van der Waals surface area contributed by atoms with Gasteiger partial charge in [-0.3, -0.25) is 10.1 Å². The summed E-state index contributed by atoms with van der Waals surface area (Å²) < 4.78 is 6.86. The molecular formula is C20H21ClN3O2+. The molecular weight excluding hydrogens is 350 g/mol. The van der Waals surface area contributed by atoms with Crippen molar-refractivity contribution in [3.8, 4) is 0 Å². The third-order valence-electron chi connectivity index (χ3n) is 4.11. The van der Waals surface area contributed by atoms with Gasteiger partial charge >= 0.3 is 11.8 Å². The van der Waals surface area contributed by atoms with Gasteiger partial charge in [0.2, 0.25) is 0 Å². The van der Waals surface area contributed by atoms with E-state index in [1.165, 1.54) is 6.92 Å². The normalized spacial score (nSPS) is 16.0. The Morgan fingerprint density at radius 1 is 1.27 bits per heavy atom. The summed E-state index contributed by atoms with van der Waals surface area (Å²) in [5.41, 5.74) is 2.92. The summed E-state index contributed by atoms with van der Waals surface area (Å²) in [5, 5.41) is 4.16. The molecule has 0 spiro atoms. The third-order valence-corrected chi connectivity index (χ3v) is 4.36. The zero-order valence-corrected chi connectivity index (χ0v) is 15.4. The quantitative estimate of drug-likeness (QED) is 0.479. The summed E-state index contributed by atoms with van der Waals surface area (Å²) in [7, 11) is 0. The van der Waals surface area contributed by atoms with Gasteiger partial charge in [-0.05, 0) is 47.8 Å². The lowest BCUT2D eigenvalue weighted by molar-refractivity contribution is -0.462. The van der Waals surface area contributed by atoms with Crippen LogP contribution < -0.4 is 5.32 Å². The van der Waals surface area contributed by atoms with Gasteiger partial charge in [0.15, 0.2) is 11.9 Å². The lowest BCUT2D eigenvalue weighted by Gasteiger charge is -2.23. The fourth-order valence-corrected chi connectivity index (χ4v) is 2.99. The first-order chi connectivity index (χ1) is 12.6. The minimum Gasteiger partial charge on any atom is -0.466 e. The van der Waals surface area contributed by atoms with Crippen molar-refractivity contribution in [1.29, 1.82) is 0 Å². The molecule has 0 fully saturated rings. The lowest BCUT2D eigenvalue weighted by atomic mass is 10.1. The van der Waals surface area contributed by atoms with Crippen LogP contribution in [0, 0.1) is 0 Å². The van der Waals surface area contributed by atoms with Gasteiger partial charge in [-0.25, -0.2) is 4.58 Å². The molecule has 0 saturated carbocycles. The molecule has 0 radical (unpaired) electrons. The molecule has 0 amide bonds. The minimum absolute atomic E-state index is 0.119. The van der Waals surface area contributed by atoms with Gasteiger partial charge in [0.05, 0.1) is 24.5 Å². The number of hydrogen-bond acceptors (Lipinski definition) is 4. The summed E-state index contributed by atoms with van der Waals surface area (Å²) in [6, 6.07) is 15.5. The number of esters is 1. The molecule has 0 aromatic heterocycles. The van der Waals surface area contributed by atoms with Gasteiger partial charge in [-0.15, -0.1) is 0 Å². The maximum Gasteiger partial charge on any atom is 0.332 e. The monoisotopic (exact) mass is 370 g/mol. The van der Waals surface area contributed by atoms with Gasteiger partial charge in [0.1, 0.15) is 0 Å². The molecule has 2 aromatic carbocycles. The minimum atomic E-state index is -0.260. The van der Waals surface area contributed by atoms with E-state index in [0.717, 1.165) is 29.1 Å². The predicted octanol–water partition coefficient (Wildman–Crippen LogP) is 3.69. The maximum absolute atomic E-state index is 10.9. The number of para-hydroxylation sites is 1. The van der Waals surface area contributed by atoms with Crippen molar-refractivity contribution in [2.45, 2.75) is 19.5 Å². The Morgan fingerprint density at radius 2 is 2.00 bits per heavy atom. The van der Waals surface area contributed by atoms with Gasteiger partial charge in [-0.2, -0.15) is 0 Å². The van der Waals surface area contributed by atoms with Crippen molar-refractivity contribution in [3.63, 3.8) is 0 Å². The lowest BCUT2D eigenvalue weighted by Crippen LogP contribution is -2.38. The molecule has 6 heteroatoms. The smallest absolute Gasteiger partial charge is 0.332 e. The standard InChI is InChI=1S/C20H21ClN3O2/c1-14(25)26-13-5-12-22-20-17-6-3-4-7-18(17)23-19(24(20)2)15-8-10-16(21)11-9-15/h3-4,6-11,20,22H,2,5,12-13H2,1H3/q+1. The second-order valence-electron chi connectivity index (χ2n) is 6.02. The molecule has 134 valence electrons. The van der Waals surface area contributed by atoms with Crippen LogP contribution in [0.2, 0.25) is 5.02 Å². The van der Waals surface area contributed by atoms with Crippen molar-refractivity contribution in [1.82, 2.24) is 5.32 Å². The summed E-state index contributed by atoms with van der Waals surface area (Å²) in [6.45, 7) is 6.70. The van der Waals surface area contributed by atoms with E-state index in [1.54, 1.807) is 0 Å². The van der Waals surface area contributed by atoms with E-state index in [2.05, 4.69) is 12.0 Å². The Labute approximate surface area is 158 Å². The second-order valence-corrected chi connectivity index (χ2v) is 6.46. The highest BCUT2D eigenvalue weighted by atomic mass is 35.5. The molecule has 2 aromatic rings. The van der Waals surface area contributed by atoms with Crippen molar-refractivity contribution < 1.29 is 14.1 Å². The number of hydrogen-bond donors (Lipinski definition) is 1. The Morgan fingerprint density at radius 3 is 2.73 bits per heavy atom. The number of rotatable bonds is 6. The number of fused-ring (bicyclic) bond motifs is 1. The number of amidine groups is 1. The molecule has 1 N–H and O–H groups in total. The predicted molar refractivity (Wildman–Crippen MR) is 103 cm³/mol. The molecule has 1 heterocycles. The number of nitrogens with zero attached hydrogens (tertiary/aromatic N) is 2. The molecule has 5 nitrogen and oxygen atoms in total. The fraction of sp³-hybridized carbons (Fsp3) is 0.250. The molecule has 3 rings (SSSR count). The van der Waals surface area contributed by atoms with E-state index in [4.69, 9.17) is 21.3 Å². The van der Waals surface area contributed by atoms with E-state index >= 15 is 0 Å². The van der Waals surface area contributed by atoms with Gasteiger partial charge < -0.3 is 4.74 Å². The van der Waals surface area contributed by atoms with Crippen LogP contribution in [0.15, 0.2) is 53.5 Å². The molecule has 1 unspecified atom stereocenters. The van der Waals surface area contributed by atoms with E-state index in [0.29, 0.717) is 18.2 Å². The SMILES string of the molecule is C=[N+]1C(c2ccc(Cl)cc2)=Nc2ccccc2C1NCCCOC(C)=O. The van der Waals surface area contributed by atoms with E-state index < -0.39 is 0 Å². The largest absolute Gasteiger partial charge is 0.466 e. The Bertz CT molecular complexity index is 846. The van der Waals surface area contributed by atoms with Gasteiger partial charge in [0, 0.05) is 18.5 Å². The van der Waals surface area contributed by atoms with Crippen LogP contribution in [-0.4, -0.2) is 36.2 Å². The summed E-state index contributed by atoms with van der Waals surface area (Å²) in [4.78, 5) is 15.6. The Hall–Kier alpha value is -2.50. The highest BCUT2D eigenvalue weighted by Gasteiger charge is 2.33. The average Bonchev–Trinajstić information content (AvgIpc) is 2.63. The molecule has 1 atom stereocenters. The van der Waals surface area contributed by atoms with Gasteiger partial charge in [0.25, 0.3) is 0 Å². The summed E-state index contributed by atoms with van der Waals surface area (Å²) in [5.74, 6) is 0.516. The van der Waals surface area contributed by atoms with Crippen LogP contribution >= 0.6 is 11.6 Å². The first kappa shape index (κ1) is 18.3. The fourth-order valence-electron chi connectivity index (χ4n) is 2.87. The number of ether oxygens (including phenoxy) is 1. The third kappa shape index (κ3) is 4.18. The van der Waals surface area contributed by atoms with Crippen molar-refractivity contribution in [2.75, 3.05) is 13.2 Å². The van der Waals surface area contributed by atoms with Crippen molar-refractivity contribution >= 4 is 35.8 Å². The topological polar surface area (TPSA) is 53.7 Å². The Balaban J connectivity index is 1.81. The van der Waals surface area contributed by atoms with E-state index in [9.17, 15) is 4.79 Å². The molecule has 1 aliphatic rings. The van der Waals surface area contributed by atoms with E-state index in [-0.39, 0.29) is 12.1 Å². The number of carbonyl (C=O) groups excluding carboxylic acids is 1. The molecule has 0 bridgehead atoms. The van der Waals surface area contributed by atoms with Crippen LogP contribution in [0.5, 0.6) is 0 Å². The van der Waals surface area contributed by atoms with Crippen LogP contribution in [0.4, 0.5) is 5.69 Å². The number of carbonyl (C=O) groups is 1. The number of benzene rings is 2. The average molecular weight is 371 g/mol. The van der Waals surface area contributed by atoms with Crippen molar-refractivity contribution in [3.05, 3.63) is 64.7 Å². The number of halogens is 1. The molecule has 0 saturated heterocycles. The first-order valence-electron chi connectivity index (χ1n) is 8.46. The van der Waals surface area contributed by atoms with Gasteiger partial charge in [-0.1, -0.05) is 23.7 Å². The van der Waals surface area contributed by atoms with Crippen LogP contribution in [0.1, 0.15) is 30.6 Å². The second kappa shape index (κ2) is 8.25. The highest BCUT2D eigenvalue weighted by molar-refractivity contribution is 6.30. The van der Waals surface area contributed by atoms with Crippen molar-refractivity contribution in [2.24, 2.45) is 4.99 Å². The van der Waals surface area contributed by atoms with Crippen LogP contribution in [0.25, 0.3) is 0 Å². The molecule has 1 aliphatic heterocycles. The van der Waals surface area contributed by atoms with E-state index in [1.807, 2.05) is 53.1 Å². The summed E-state index contributed by atoms with van der Waals surface area (Å²) in [6.07, 6.45) is 0.603. The first-order valence-corrected chi connectivity index (χ1v) is 8.84. The zero-order valence-electron chi connectivity index (χ0n) is 14.6. The highest BCUT2D eigenvalue weighted by Crippen LogP contribution is 2.32. The summed E-state index contributed by atoms with van der Waals surface area (Å²) >= 11 is 6.00. The van der Waals surface area contributed by atoms with Crippen LogP contribution in [-0.2, 0) is 9.53 Å².